The standard InChI is InChI=1S/C12H26N2O2/c1-10(2)5-7-16-8-6-14-11(15)12(3,4)9-13/h10H,5-9,13H2,1-4H3,(H,14,15). The van der Waals surface area contributed by atoms with Crippen molar-refractivity contribution in [3.63, 3.8) is 0 Å². The third-order valence-electron chi connectivity index (χ3n) is 2.50. The van der Waals surface area contributed by atoms with E-state index in [4.69, 9.17) is 10.5 Å². The molecule has 0 aliphatic heterocycles. The van der Waals surface area contributed by atoms with Crippen molar-refractivity contribution in [1.82, 2.24) is 5.32 Å². The first-order chi connectivity index (χ1) is 7.40. The van der Waals surface area contributed by atoms with Crippen LogP contribution in [0.25, 0.3) is 0 Å². The topological polar surface area (TPSA) is 64.3 Å². The van der Waals surface area contributed by atoms with E-state index in [0.29, 0.717) is 25.6 Å². The summed E-state index contributed by atoms with van der Waals surface area (Å²) in [4.78, 5) is 11.6. The molecule has 96 valence electrons. The van der Waals surface area contributed by atoms with Gasteiger partial charge in [0.25, 0.3) is 0 Å². The van der Waals surface area contributed by atoms with Gasteiger partial charge in [0.15, 0.2) is 0 Å². The highest BCUT2D eigenvalue weighted by Crippen LogP contribution is 2.11. The van der Waals surface area contributed by atoms with E-state index in [1.54, 1.807) is 0 Å². The maximum atomic E-state index is 11.6. The van der Waals surface area contributed by atoms with Gasteiger partial charge in [0.1, 0.15) is 0 Å². The summed E-state index contributed by atoms with van der Waals surface area (Å²) in [7, 11) is 0. The fraction of sp³-hybridized carbons (Fsp3) is 0.917. The summed E-state index contributed by atoms with van der Waals surface area (Å²) >= 11 is 0. The van der Waals surface area contributed by atoms with Crippen molar-refractivity contribution in [2.45, 2.75) is 34.1 Å². The Morgan fingerprint density at radius 1 is 1.38 bits per heavy atom. The molecule has 0 bridgehead atoms. The van der Waals surface area contributed by atoms with Crippen molar-refractivity contribution in [2.75, 3.05) is 26.3 Å². The van der Waals surface area contributed by atoms with Crippen LogP contribution in [0.4, 0.5) is 0 Å². The molecule has 0 rings (SSSR count). The Kier molecular flexibility index (Phi) is 7.34. The Bertz CT molecular complexity index is 203. The highest BCUT2D eigenvalue weighted by atomic mass is 16.5. The monoisotopic (exact) mass is 230 g/mol. The fourth-order valence-electron chi connectivity index (χ4n) is 0.990. The summed E-state index contributed by atoms with van der Waals surface area (Å²) < 4.78 is 5.40. The summed E-state index contributed by atoms with van der Waals surface area (Å²) in [6.07, 6.45) is 1.06. The molecule has 0 aliphatic rings. The van der Waals surface area contributed by atoms with Crippen LogP contribution in [0, 0.1) is 11.3 Å². The predicted octanol–water partition coefficient (Wildman–Crippen LogP) is 1.15. The molecule has 0 saturated carbocycles. The molecule has 1 amide bonds. The summed E-state index contributed by atoms with van der Waals surface area (Å²) in [5, 5.41) is 2.82. The molecule has 3 N–H and O–H groups in total. The van der Waals surface area contributed by atoms with E-state index in [2.05, 4.69) is 19.2 Å². The molecule has 0 aliphatic carbocycles. The fourth-order valence-corrected chi connectivity index (χ4v) is 0.990. The molecule has 0 aromatic carbocycles. The molecule has 0 radical (unpaired) electrons. The number of carbonyl (C=O) groups excluding carboxylic acids is 1. The van der Waals surface area contributed by atoms with Crippen LogP contribution in [-0.4, -0.2) is 32.2 Å². The van der Waals surface area contributed by atoms with E-state index in [9.17, 15) is 4.79 Å². The molecular formula is C12H26N2O2. The van der Waals surface area contributed by atoms with Crippen LogP contribution < -0.4 is 11.1 Å². The Hall–Kier alpha value is -0.610. The number of hydrogen-bond acceptors (Lipinski definition) is 3. The Labute approximate surface area is 98.9 Å². The number of hydrogen-bond donors (Lipinski definition) is 2. The second kappa shape index (κ2) is 7.63. The van der Waals surface area contributed by atoms with Crippen molar-refractivity contribution in [3.8, 4) is 0 Å². The largest absolute Gasteiger partial charge is 0.380 e. The van der Waals surface area contributed by atoms with E-state index in [0.717, 1.165) is 13.0 Å². The Morgan fingerprint density at radius 2 is 2.00 bits per heavy atom. The van der Waals surface area contributed by atoms with Gasteiger partial charge in [-0.2, -0.15) is 0 Å². The second-order valence-corrected chi connectivity index (χ2v) is 5.14. The van der Waals surface area contributed by atoms with Crippen molar-refractivity contribution < 1.29 is 9.53 Å². The Morgan fingerprint density at radius 3 is 2.50 bits per heavy atom. The minimum Gasteiger partial charge on any atom is -0.380 e. The maximum absolute atomic E-state index is 11.6. The number of carbonyl (C=O) groups is 1. The zero-order valence-electron chi connectivity index (χ0n) is 11.0. The van der Waals surface area contributed by atoms with Gasteiger partial charge in [-0.15, -0.1) is 0 Å². The van der Waals surface area contributed by atoms with Crippen LogP contribution in [0.2, 0.25) is 0 Å². The lowest BCUT2D eigenvalue weighted by Crippen LogP contribution is -2.42. The minimum atomic E-state index is -0.488. The van der Waals surface area contributed by atoms with Gasteiger partial charge in [0.2, 0.25) is 5.91 Å². The molecule has 0 saturated heterocycles. The molecule has 0 fully saturated rings. The molecule has 0 unspecified atom stereocenters. The number of nitrogens with two attached hydrogens (primary N) is 1. The minimum absolute atomic E-state index is 0.0116. The highest BCUT2D eigenvalue weighted by molar-refractivity contribution is 5.81. The van der Waals surface area contributed by atoms with Gasteiger partial charge in [-0.3, -0.25) is 4.79 Å². The first-order valence-corrected chi connectivity index (χ1v) is 5.96. The Balaban J connectivity index is 3.49. The van der Waals surface area contributed by atoms with Crippen molar-refractivity contribution in [1.29, 1.82) is 0 Å². The van der Waals surface area contributed by atoms with Crippen LogP contribution >= 0.6 is 0 Å². The molecule has 4 nitrogen and oxygen atoms in total. The number of rotatable bonds is 8. The average Bonchev–Trinajstić information content (AvgIpc) is 2.22. The van der Waals surface area contributed by atoms with E-state index >= 15 is 0 Å². The first kappa shape index (κ1) is 15.4. The van der Waals surface area contributed by atoms with Gasteiger partial charge in [-0.05, 0) is 26.2 Å². The SMILES string of the molecule is CC(C)CCOCCNC(=O)C(C)(C)CN. The zero-order valence-corrected chi connectivity index (χ0v) is 11.0. The second-order valence-electron chi connectivity index (χ2n) is 5.14. The quantitative estimate of drug-likeness (QED) is 0.615. The normalized spacial score (nSPS) is 11.9. The van der Waals surface area contributed by atoms with Gasteiger partial charge >= 0.3 is 0 Å². The van der Waals surface area contributed by atoms with E-state index in [-0.39, 0.29) is 5.91 Å². The van der Waals surface area contributed by atoms with Gasteiger partial charge in [0, 0.05) is 19.7 Å². The van der Waals surface area contributed by atoms with Crippen molar-refractivity contribution in [2.24, 2.45) is 17.1 Å². The maximum Gasteiger partial charge on any atom is 0.227 e. The molecular weight excluding hydrogens is 204 g/mol. The summed E-state index contributed by atoms with van der Waals surface area (Å²) in [6.45, 7) is 10.2. The molecule has 0 heterocycles. The van der Waals surface area contributed by atoms with Gasteiger partial charge in [-0.25, -0.2) is 0 Å². The smallest absolute Gasteiger partial charge is 0.227 e. The lowest BCUT2D eigenvalue weighted by Gasteiger charge is -2.21. The molecule has 4 heteroatoms. The van der Waals surface area contributed by atoms with Gasteiger partial charge < -0.3 is 15.8 Å². The van der Waals surface area contributed by atoms with Crippen LogP contribution in [0.3, 0.4) is 0 Å². The van der Waals surface area contributed by atoms with Crippen molar-refractivity contribution >= 4 is 5.91 Å². The first-order valence-electron chi connectivity index (χ1n) is 5.96. The lowest BCUT2D eigenvalue weighted by atomic mass is 9.93. The number of ether oxygens (including phenoxy) is 1. The summed E-state index contributed by atoms with van der Waals surface area (Å²) in [6, 6.07) is 0. The molecule has 0 atom stereocenters. The van der Waals surface area contributed by atoms with E-state index < -0.39 is 5.41 Å². The molecule has 0 aromatic rings. The molecule has 16 heavy (non-hydrogen) atoms. The average molecular weight is 230 g/mol. The van der Waals surface area contributed by atoms with Crippen LogP contribution in [0.15, 0.2) is 0 Å². The van der Waals surface area contributed by atoms with Crippen LogP contribution in [-0.2, 0) is 9.53 Å². The molecule has 0 aromatic heterocycles. The van der Waals surface area contributed by atoms with Crippen LogP contribution in [0.1, 0.15) is 34.1 Å². The third-order valence-corrected chi connectivity index (χ3v) is 2.50. The number of nitrogens with one attached hydrogen (secondary N) is 1. The van der Waals surface area contributed by atoms with Gasteiger partial charge in [-0.1, -0.05) is 13.8 Å². The van der Waals surface area contributed by atoms with Crippen LogP contribution in [0.5, 0.6) is 0 Å². The zero-order chi connectivity index (χ0) is 12.6. The summed E-state index contributed by atoms with van der Waals surface area (Å²) in [5.74, 6) is 0.647. The lowest BCUT2D eigenvalue weighted by molar-refractivity contribution is -0.129. The third kappa shape index (κ3) is 6.80. The van der Waals surface area contributed by atoms with E-state index in [1.165, 1.54) is 0 Å². The van der Waals surface area contributed by atoms with E-state index in [1.807, 2.05) is 13.8 Å². The van der Waals surface area contributed by atoms with Gasteiger partial charge in [0.05, 0.1) is 12.0 Å². The van der Waals surface area contributed by atoms with Crippen molar-refractivity contribution in [3.05, 3.63) is 0 Å². The highest BCUT2D eigenvalue weighted by Gasteiger charge is 2.24. The predicted molar refractivity (Wildman–Crippen MR) is 66.1 cm³/mol. The number of amides is 1. The summed E-state index contributed by atoms with van der Waals surface area (Å²) in [5.41, 5.74) is 5.01. The molecule has 0 spiro atoms.